The lowest BCUT2D eigenvalue weighted by atomic mass is 10.1. The molecular formula is C8H11N3. The summed E-state index contributed by atoms with van der Waals surface area (Å²) in [5.41, 5.74) is 0. The van der Waals surface area contributed by atoms with Gasteiger partial charge < -0.3 is 5.32 Å². The van der Waals surface area contributed by atoms with Gasteiger partial charge in [0.2, 0.25) is 0 Å². The maximum atomic E-state index is 8.72. The van der Waals surface area contributed by atoms with Crippen molar-refractivity contribution in [3.63, 3.8) is 0 Å². The molecule has 1 aliphatic rings. The van der Waals surface area contributed by atoms with Crippen molar-refractivity contribution in [3.8, 4) is 18.5 Å². The van der Waals surface area contributed by atoms with Gasteiger partial charge in [0.25, 0.3) is 0 Å². The molecule has 0 spiro atoms. The Morgan fingerprint density at radius 1 is 1.64 bits per heavy atom. The van der Waals surface area contributed by atoms with Gasteiger partial charge in [-0.2, -0.15) is 5.26 Å². The van der Waals surface area contributed by atoms with Crippen LogP contribution < -0.4 is 5.32 Å². The molecule has 1 heterocycles. The van der Waals surface area contributed by atoms with Crippen LogP contribution in [0.2, 0.25) is 0 Å². The molecule has 0 aromatic carbocycles. The van der Waals surface area contributed by atoms with Crippen molar-refractivity contribution in [2.45, 2.75) is 19.0 Å². The molecule has 0 aromatic heterocycles. The van der Waals surface area contributed by atoms with Crippen LogP contribution in [0.4, 0.5) is 0 Å². The standard InChI is InChI=1S/C8H11N3/c1-3-8-5-10-4-7(2)11(8)6-9/h1,7-8,10H,4-5H2,2H3/t7-,8+/m1/s1. The number of terminal acetylenes is 1. The number of hydrogen-bond acceptors (Lipinski definition) is 3. The van der Waals surface area contributed by atoms with Gasteiger partial charge >= 0.3 is 0 Å². The number of piperazine rings is 1. The third-order valence-electron chi connectivity index (χ3n) is 1.90. The van der Waals surface area contributed by atoms with Crippen molar-refractivity contribution >= 4 is 0 Å². The molecule has 0 bridgehead atoms. The van der Waals surface area contributed by atoms with Crippen molar-refractivity contribution < 1.29 is 0 Å². The number of rotatable bonds is 0. The third-order valence-corrected chi connectivity index (χ3v) is 1.90. The minimum atomic E-state index is -0.0660. The van der Waals surface area contributed by atoms with Gasteiger partial charge in [0.05, 0.1) is 6.04 Å². The predicted octanol–water partition coefficient (Wildman–Crippen LogP) is -0.237. The van der Waals surface area contributed by atoms with Crippen molar-refractivity contribution in [1.82, 2.24) is 10.2 Å². The Hall–Kier alpha value is -1.19. The zero-order chi connectivity index (χ0) is 8.27. The van der Waals surface area contributed by atoms with Gasteiger partial charge in [0.15, 0.2) is 6.19 Å². The van der Waals surface area contributed by atoms with E-state index in [4.69, 9.17) is 11.7 Å². The van der Waals surface area contributed by atoms with Crippen LogP contribution in [0.15, 0.2) is 0 Å². The summed E-state index contributed by atoms with van der Waals surface area (Å²) >= 11 is 0. The van der Waals surface area contributed by atoms with E-state index < -0.39 is 0 Å². The maximum Gasteiger partial charge on any atom is 0.180 e. The molecule has 0 aliphatic carbocycles. The van der Waals surface area contributed by atoms with E-state index in [0.717, 1.165) is 6.54 Å². The first-order chi connectivity index (χ1) is 5.29. The van der Waals surface area contributed by atoms with E-state index in [2.05, 4.69) is 17.4 Å². The fourth-order valence-corrected chi connectivity index (χ4v) is 1.24. The second kappa shape index (κ2) is 3.27. The SMILES string of the molecule is C#C[C@H]1CNC[C@@H](C)N1C#N. The van der Waals surface area contributed by atoms with E-state index >= 15 is 0 Å². The lowest BCUT2D eigenvalue weighted by molar-refractivity contribution is 0.215. The van der Waals surface area contributed by atoms with Crippen LogP contribution in [0.5, 0.6) is 0 Å². The van der Waals surface area contributed by atoms with Crippen LogP contribution in [-0.2, 0) is 0 Å². The third kappa shape index (κ3) is 1.45. The molecule has 1 saturated heterocycles. The monoisotopic (exact) mass is 149 g/mol. The zero-order valence-electron chi connectivity index (χ0n) is 6.54. The highest BCUT2D eigenvalue weighted by molar-refractivity contribution is 5.08. The quantitative estimate of drug-likeness (QED) is 0.382. The van der Waals surface area contributed by atoms with Crippen LogP contribution in [-0.4, -0.2) is 30.1 Å². The van der Waals surface area contributed by atoms with Crippen LogP contribution in [0.1, 0.15) is 6.92 Å². The second-order valence-electron chi connectivity index (χ2n) is 2.70. The summed E-state index contributed by atoms with van der Waals surface area (Å²) in [4.78, 5) is 1.66. The summed E-state index contributed by atoms with van der Waals surface area (Å²) in [5, 5.41) is 11.9. The van der Waals surface area contributed by atoms with E-state index in [-0.39, 0.29) is 12.1 Å². The summed E-state index contributed by atoms with van der Waals surface area (Å²) in [6.07, 6.45) is 7.35. The van der Waals surface area contributed by atoms with Crippen molar-refractivity contribution in [3.05, 3.63) is 0 Å². The Morgan fingerprint density at radius 3 is 2.82 bits per heavy atom. The van der Waals surface area contributed by atoms with Gasteiger partial charge in [-0.05, 0) is 6.92 Å². The Morgan fingerprint density at radius 2 is 2.36 bits per heavy atom. The molecule has 0 saturated carbocycles. The maximum absolute atomic E-state index is 8.72. The Bertz CT molecular complexity index is 210. The summed E-state index contributed by atoms with van der Waals surface area (Å²) in [5.74, 6) is 2.58. The van der Waals surface area contributed by atoms with Gasteiger partial charge in [-0.15, -0.1) is 6.42 Å². The van der Waals surface area contributed by atoms with E-state index in [1.165, 1.54) is 0 Å². The number of nitrogens with one attached hydrogen (secondary N) is 1. The van der Waals surface area contributed by atoms with Crippen LogP contribution in [0.3, 0.4) is 0 Å². The molecule has 11 heavy (non-hydrogen) atoms. The molecular weight excluding hydrogens is 138 g/mol. The van der Waals surface area contributed by atoms with Gasteiger partial charge in [0.1, 0.15) is 6.04 Å². The summed E-state index contributed by atoms with van der Waals surface area (Å²) in [6, 6.07) is 0.151. The molecule has 3 heteroatoms. The van der Waals surface area contributed by atoms with Crippen LogP contribution in [0, 0.1) is 23.8 Å². The van der Waals surface area contributed by atoms with Gasteiger partial charge in [-0.3, -0.25) is 4.90 Å². The van der Waals surface area contributed by atoms with E-state index in [9.17, 15) is 0 Å². The Kier molecular flexibility index (Phi) is 2.36. The second-order valence-corrected chi connectivity index (χ2v) is 2.70. The molecule has 1 N–H and O–H groups in total. The summed E-state index contributed by atoms with van der Waals surface area (Å²) < 4.78 is 0. The highest BCUT2D eigenvalue weighted by Crippen LogP contribution is 2.06. The molecule has 1 fully saturated rings. The normalized spacial score (nSPS) is 30.6. The molecule has 0 amide bonds. The molecule has 3 nitrogen and oxygen atoms in total. The van der Waals surface area contributed by atoms with Gasteiger partial charge in [-0.1, -0.05) is 5.92 Å². The molecule has 0 aromatic rings. The summed E-state index contributed by atoms with van der Waals surface area (Å²) in [6.45, 7) is 3.54. The minimum absolute atomic E-state index is 0.0660. The molecule has 2 atom stereocenters. The highest BCUT2D eigenvalue weighted by atomic mass is 15.2. The zero-order valence-corrected chi connectivity index (χ0v) is 6.54. The van der Waals surface area contributed by atoms with Crippen molar-refractivity contribution in [1.29, 1.82) is 5.26 Å². The lowest BCUT2D eigenvalue weighted by Crippen LogP contribution is -2.53. The minimum Gasteiger partial charge on any atom is -0.312 e. The van der Waals surface area contributed by atoms with Crippen LogP contribution in [0.25, 0.3) is 0 Å². The predicted molar refractivity (Wildman–Crippen MR) is 42.4 cm³/mol. The van der Waals surface area contributed by atoms with E-state index in [1.807, 2.05) is 6.92 Å². The van der Waals surface area contributed by atoms with Gasteiger partial charge in [-0.25, -0.2) is 0 Å². The summed E-state index contributed by atoms with van der Waals surface area (Å²) in [7, 11) is 0. The van der Waals surface area contributed by atoms with E-state index in [1.54, 1.807) is 4.90 Å². The largest absolute Gasteiger partial charge is 0.312 e. The molecule has 0 unspecified atom stereocenters. The molecule has 0 radical (unpaired) electrons. The van der Waals surface area contributed by atoms with E-state index in [0.29, 0.717) is 6.54 Å². The topological polar surface area (TPSA) is 39.1 Å². The number of nitriles is 1. The average molecular weight is 149 g/mol. The lowest BCUT2D eigenvalue weighted by Gasteiger charge is -2.34. The fourth-order valence-electron chi connectivity index (χ4n) is 1.24. The first-order valence-corrected chi connectivity index (χ1v) is 3.64. The molecule has 1 aliphatic heterocycles. The van der Waals surface area contributed by atoms with Crippen molar-refractivity contribution in [2.24, 2.45) is 0 Å². The van der Waals surface area contributed by atoms with Crippen LogP contribution >= 0.6 is 0 Å². The highest BCUT2D eigenvalue weighted by Gasteiger charge is 2.24. The first kappa shape index (κ1) is 7.91. The van der Waals surface area contributed by atoms with Gasteiger partial charge in [0, 0.05) is 13.1 Å². The smallest absolute Gasteiger partial charge is 0.180 e. The number of hydrogen-bond donors (Lipinski definition) is 1. The fraction of sp³-hybridized carbons (Fsp3) is 0.625. The number of nitrogens with zero attached hydrogens (tertiary/aromatic N) is 2. The molecule has 1 rings (SSSR count). The van der Waals surface area contributed by atoms with Crippen molar-refractivity contribution in [2.75, 3.05) is 13.1 Å². The molecule has 58 valence electrons. The Labute approximate surface area is 67.0 Å². The first-order valence-electron chi connectivity index (χ1n) is 3.64. The average Bonchev–Trinajstić information content (AvgIpc) is 2.04. The Balaban J connectivity index is 2.67.